The average Bonchev–Trinajstić information content (AvgIpc) is 3.53. The predicted octanol–water partition coefficient (Wildman–Crippen LogP) is 3.98. The average molecular weight is 592 g/mol. The van der Waals surface area contributed by atoms with Gasteiger partial charge in [0.2, 0.25) is 10.0 Å². The maximum absolute atomic E-state index is 12.8. The number of anilines is 1. The fourth-order valence-electron chi connectivity index (χ4n) is 4.94. The van der Waals surface area contributed by atoms with Crippen molar-refractivity contribution in [2.45, 2.75) is 37.8 Å². The van der Waals surface area contributed by atoms with Gasteiger partial charge in [0.15, 0.2) is 0 Å². The molecule has 8 nitrogen and oxygen atoms in total. The van der Waals surface area contributed by atoms with Crippen LogP contribution in [0.1, 0.15) is 28.8 Å². The highest BCUT2D eigenvalue weighted by molar-refractivity contribution is 7.88. The summed E-state index contributed by atoms with van der Waals surface area (Å²) in [6, 6.07) is 10.3. The van der Waals surface area contributed by atoms with Crippen molar-refractivity contribution < 1.29 is 44.6 Å². The van der Waals surface area contributed by atoms with Gasteiger partial charge in [-0.3, -0.25) is 4.79 Å². The summed E-state index contributed by atoms with van der Waals surface area (Å²) in [6.07, 6.45) is -2.87. The Balaban J connectivity index is 1.37. The first-order chi connectivity index (χ1) is 18.8. The monoisotopic (exact) mass is 591 g/mol. The van der Waals surface area contributed by atoms with E-state index in [1.807, 2.05) is 0 Å². The van der Waals surface area contributed by atoms with E-state index in [0.29, 0.717) is 43.7 Å². The Bertz CT molecular complexity index is 1260. The molecule has 0 saturated carbocycles. The van der Waals surface area contributed by atoms with Gasteiger partial charge in [-0.1, -0.05) is 0 Å². The lowest BCUT2D eigenvalue weighted by Crippen LogP contribution is -2.34. The van der Waals surface area contributed by atoms with Crippen LogP contribution in [0.15, 0.2) is 48.5 Å². The Morgan fingerprint density at radius 1 is 1.07 bits per heavy atom. The van der Waals surface area contributed by atoms with Crippen LogP contribution in [-0.4, -0.2) is 76.4 Å². The van der Waals surface area contributed by atoms with Crippen LogP contribution in [-0.2, 0) is 20.9 Å². The first kappa shape index (κ1) is 30.0. The second-order valence-electron chi connectivity index (χ2n) is 9.93. The number of hydrogen-bond acceptors (Lipinski definition) is 6. The molecular formula is C26H30F5N3O5S. The van der Waals surface area contributed by atoms with Crippen molar-refractivity contribution in [1.29, 1.82) is 0 Å². The topological polar surface area (TPSA) is 88.2 Å². The SMILES string of the molecule is CS(=O)(=O)N1CCC(CNC(=O)c2ccc(N3C[C@@H](Oc4ccc(C(F)(F)F)cc4)C[C@H]3COC(F)F)cc2)C1. The summed E-state index contributed by atoms with van der Waals surface area (Å²) in [4.78, 5) is 14.4. The van der Waals surface area contributed by atoms with Crippen LogP contribution in [0.4, 0.5) is 27.6 Å². The van der Waals surface area contributed by atoms with E-state index in [-0.39, 0.29) is 30.7 Å². The maximum atomic E-state index is 12.8. The van der Waals surface area contributed by atoms with Gasteiger partial charge in [-0.25, -0.2) is 12.7 Å². The zero-order valence-corrected chi connectivity index (χ0v) is 22.4. The molecule has 0 bridgehead atoms. The van der Waals surface area contributed by atoms with Gasteiger partial charge in [0, 0.05) is 37.3 Å². The van der Waals surface area contributed by atoms with Crippen LogP contribution < -0.4 is 15.0 Å². The Kier molecular flexibility index (Phi) is 9.20. The number of amides is 1. The molecule has 2 saturated heterocycles. The lowest BCUT2D eigenvalue weighted by atomic mass is 10.1. The van der Waals surface area contributed by atoms with Gasteiger partial charge in [0.05, 0.1) is 31.0 Å². The highest BCUT2D eigenvalue weighted by Crippen LogP contribution is 2.32. The Hall–Kier alpha value is -2.97. The molecule has 1 unspecified atom stereocenters. The van der Waals surface area contributed by atoms with Gasteiger partial charge < -0.3 is 19.7 Å². The normalized spacial score (nSPS) is 22.2. The molecule has 1 amide bonds. The van der Waals surface area contributed by atoms with Crippen LogP contribution in [0.2, 0.25) is 0 Å². The van der Waals surface area contributed by atoms with Crippen molar-refractivity contribution in [3.8, 4) is 5.75 Å². The van der Waals surface area contributed by atoms with Gasteiger partial charge in [-0.15, -0.1) is 0 Å². The molecule has 4 rings (SSSR count). The van der Waals surface area contributed by atoms with Crippen LogP contribution in [0, 0.1) is 5.92 Å². The first-order valence-corrected chi connectivity index (χ1v) is 14.5. The zero-order valence-electron chi connectivity index (χ0n) is 21.6. The summed E-state index contributed by atoms with van der Waals surface area (Å²) in [5.41, 5.74) is 0.204. The molecule has 14 heteroatoms. The molecule has 0 aromatic heterocycles. The fraction of sp³-hybridized carbons (Fsp3) is 0.500. The molecule has 2 aromatic rings. The number of halogens is 5. The molecule has 2 aliphatic rings. The van der Waals surface area contributed by atoms with E-state index in [0.717, 1.165) is 18.4 Å². The van der Waals surface area contributed by atoms with Crippen molar-refractivity contribution in [3.63, 3.8) is 0 Å². The number of sulfonamides is 1. The number of carbonyl (C=O) groups is 1. The van der Waals surface area contributed by atoms with E-state index < -0.39 is 40.5 Å². The lowest BCUT2D eigenvalue weighted by Gasteiger charge is -2.26. The van der Waals surface area contributed by atoms with Crippen LogP contribution in [0.25, 0.3) is 0 Å². The van der Waals surface area contributed by atoms with E-state index >= 15 is 0 Å². The minimum absolute atomic E-state index is 0.0136. The zero-order chi connectivity index (χ0) is 29.1. The number of ether oxygens (including phenoxy) is 2. The Morgan fingerprint density at radius 2 is 1.75 bits per heavy atom. The fourth-order valence-corrected chi connectivity index (χ4v) is 5.86. The predicted molar refractivity (Wildman–Crippen MR) is 137 cm³/mol. The molecule has 0 radical (unpaired) electrons. The standard InChI is InChI=1S/C26H30F5N3O5S/c1-40(36,37)33-11-10-17(14-33)13-32-24(35)18-2-6-20(7-3-18)34-15-23(12-21(34)16-38-25(27)28)39-22-8-4-19(5-9-22)26(29,30)31/h2-9,17,21,23,25H,10-16H2,1H3,(H,32,35)/t17?,21-,23-/m0/s1. The van der Waals surface area contributed by atoms with Gasteiger partial charge >= 0.3 is 12.8 Å². The third kappa shape index (κ3) is 7.82. The Morgan fingerprint density at radius 3 is 2.33 bits per heavy atom. The third-order valence-corrected chi connectivity index (χ3v) is 8.27. The number of alkyl halides is 5. The van der Waals surface area contributed by atoms with E-state index in [1.165, 1.54) is 16.4 Å². The van der Waals surface area contributed by atoms with Crippen LogP contribution in [0.3, 0.4) is 0 Å². The van der Waals surface area contributed by atoms with Gasteiger partial charge in [-0.2, -0.15) is 22.0 Å². The van der Waals surface area contributed by atoms with E-state index in [2.05, 4.69) is 10.1 Å². The van der Waals surface area contributed by atoms with Gasteiger partial charge in [-0.05, 0) is 60.9 Å². The molecule has 0 aliphatic carbocycles. The van der Waals surface area contributed by atoms with E-state index in [1.54, 1.807) is 29.2 Å². The summed E-state index contributed by atoms with van der Waals surface area (Å²) in [7, 11) is -3.27. The second-order valence-corrected chi connectivity index (χ2v) is 11.9. The summed E-state index contributed by atoms with van der Waals surface area (Å²) >= 11 is 0. The Labute approximate surface area is 229 Å². The molecule has 1 N–H and O–H groups in total. The number of nitrogens with zero attached hydrogens (tertiary/aromatic N) is 2. The molecule has 40 heavy (non-hydrogen) atoms. The number of rotatable bonds is 10. The summed E-state index contributed by atoms with van der Waals surface area (Å²) < 4.78 is 99.2. The lowest BCUT2D eigenvalue weighted by molar-refractivity contribution is -0.137. The molecule has 2 aromatic carbocycles. The number of benzene rings is 2. The smallest absolute Gasteiger partial charge is 0.416 e. The highest BCUT2D eigenvalue weighted by Gasteiger charge is 2.35. The minimum atomic E-state index is -4.47. The van der Waals surface area contributed by atoms with Crippen molar-refractivity contribution in [2.24, 2.45) is 5.92 Å². The highest BCUT2D eigenvalue weighted by atomic mass is 32.2. The molecule has 2 aliphatic heterocycles. The largest absolute Gasteiger partial charge is 0.489 e. The van der Waals surface area contributed by atoms with Crippen molar-refractivity contribution in [2.75, 3.05) is 43.9 Å². The van der Waals surface area contributed by atoms with Gasteiger partial charge in [0.1, 0.15) is 11.9 Å². The second kappa shape index (κ2) is 12.3. The minimum Gasteiger partial charge on any atom is -0.489 e. The molecular weight excluding hydrogens is 561 g/mol. The van der Waals surface area contributed by atoms with Crippen LogP contribution in [0.5, 0.6) is 5.75 Å². The third-order valence-electron chi connectivity index (χ3n) is 7.01. The number of hydrogen-bond donors (Lipinski definition) is 1. The van der Waals surface area contributed by atoms with Crippen molar-refractivity contribution in [1.82, 2.24) is 9.62 Å². The van der Waals surface area contributed by atoms with E-state index in [9.17, 15) is 35.2 Å². The molecule has 2 heterocycles. The molecule has 2 fully saturated rings. The van der Waals surface area contributed by atoms with Crippen molar-refractivity contribution in [3.05, 3.63) is 59.7 Å². The molecule has 0 spiro atoms. The maximum Gasteiger partial charge on any atom is 0.416 e. The molecule has 220 valence electrons. The first-order valence-electron chi connectivity index (χ1n) is 12.6. The molecule has 3 atom stereocenters. The summed E-state index contributed by atoms with van der Waals surface area (Å²) in [6.45, 7) is -1.89. The van der Waals surface area contributed by atoms with Gasteiger partial charge in [0.25, 0.3) is 5.91 Å². The van der Waals surface area contributed by atoms with Crippen molar-refractivity contribution >= 4 is 21.6 Å². The quantitative estimate of drug-likeness (QED) is 0.421. The number of carbonyl (C=O) groups excluding carboxylic acids is 1. The van der Waals surface area contributed by atoms with E-state index in [4.69, 9.17) is 4.74 Å². The van der Waals surface area contributed by atoms with Crippen LogP contribution >= 0.6 is 0 Å². The summed E-state index contributed by atoms with van der Waals surface area (Å²) in [5.74, 6) is -0.0890. The summed E-state index contributed by atoms with van der Waals surface area (Å²) in [5, 5.41) is 2.82. The number of nitrogens with one attached hydrogen (secondary N) is 1.